The van der Waals surface area contributed by atoms with Gasteiger partial charge in [0.15, 0.2) is 0 Å². The van der Waals surface area contributed by atoms with E-state index in [0.717, 1.165) is 49.8 Å². The van der Waals surface area contributed by atoms with Gasteiger partial charge in [-0.2, -0.15) is 0 Å². The Morgan fingerprint density at radius 3 is 1.96 bits per heavy atom. The first-order valence-electron chi connectivity index (χ1n) is 9.76. The molecule has 2 rings (SSSR count). The smallest absolute Gasteiger partial charge is 0.340 e. The van der Waals surface area contributed by atoms with Gasteiger partial charge in [-0.15, -0.1) is 0 Å². The zero-order valence-corrected chi connectivity index (χ0v) is 16.2. The highest BCUT2D eigenvalue weighted by molar-refractivity contribution is 6.02. The molecule has 26 heavy (non-hydrogen) atoms. The fourth-order valence-electron chi connectivity index (χ4n) is 3.36. The van der Waals surface area contributed by atoms with Crippen LogP contribution in [-0.2, 0) is 19.1 Å². The number of nitrogens with zero attached hydrogens (tertiary/aromatic N) is 1. The van der Waals surface area contributed by atoms with Crippen molar-refractivity contribution >= 4 is 17.6 Å². The minimum atomic E-state index is -1.04. The lowest BCUT2D eigenvalue weighted by Crippen LogP contribution is -2.52. The maximum atomic E-state index is 12.8. The summed E-state index contributed by atoms with van der Waals surface area (Å²) in [7, 11) is 0. The molecular formula is C21H31NO4. The molecule has 0 spiro atoms. The van der Waals surface area contributed by atoms with E-state index in [9.17, 15) is 9.59 Å². The Labute approximate surface area is 156 Å². The number of aryl methyl sites for hydroxylation is 1. The Hall–Kier alpha value is -2.04. The Morgan fingerprint density at radius 2 is 1.50 bits per heavy atom. The van der Waals surface area contributed by atoms with Crippen LogP contribution in [0.3, 0.4) is 0 Å². The number of anilines is 1. The fraction of sp³-hybridized carbons (Fsp3) is 0.619. The first-order valence-corrected chi connectivity index (χ1v) is 9.76. The van der Waals surface area contributed by atoms with E-state index < -0.39 is 18.0 Å². The zero-order valence-electron chi connectivity index (χ0n) is 16.2. The molecule has 0 aromatic heterocycles. The van der Waals surface area contributed by atoms with Crippen LogP contribution >= 0.6 is 0 Å². The van der Waals surface area contributed by atoms with E-state index in [0.29, 0.717) is 13.2 Å². The van der Waals surface area contributed by atoms with Crippen LogP contribution in [0.2, 0.25) is 0 Å². The minimum absolute atomic E-state index is 0.144. The maximum absolute atomic E-state index is 12.8. The van der Waals surface area contributed by atoms with Gasteiger partial charge in [0.25, 0.3) is 0 Å². The van der Waals surface area contributed by atoms with Crippen molar-refractivity contribution in [3.05, 3.63) is 29.8 Å². The lowest BCUT2D eigenvalue weighted by Gasteiger charge is -2.35. The van der Waals surface area contributed by atoms with Crippen LogP contribution in [0.15, 0.2) is 24.3 Å². The van der Waals surface area contributed by atoms with E-state index in [4.69, 9.17) is 9.47 Å². The number of ether oxygens (including phenoxy) is 2. The Kier molecular flexibility index (Phi) is 7.95. The second-order valence-corrected chi connectivity index (χ2v) is 6.92. The molecule has 0 amide bonds. The maximum Gasteiger partial charge on any atom is 0.340 e. The number of hydrogen-bond donors (Lipinski definition) is 0. The molecule has 0 bridgehead atoms. The topological polar surface area (TPSA) is 55.8 Å². The molecule has 0 unspecified atom stereocenters. The van der Waals surface area contributed by atoms with E-state index in [1.165, 1.54) is 0 Å². The molecule has 0 aliphatic heterocycles. The standard InChI is InChI=1S/C21H31NO4/c1-4-14-25-20(23)19(21(24)26-15-5-2)22(17-8-6-7-9-17)18-12-10-16(3)11-13-18/h10-13,17,19H,4-9,14-15H2,1-3H3. The summed E-state index contributed by atoms with van der Waals surface area (Å²) in [5, 5.41) is 0. The van der Waals surface area contributed by atoms with E-state index in [1.807, 2.05) is 49.9 Å². The molecule has 144 valence electrons. The van der Waals surface area contributed by atoms with Gasteiger partial charge in [0, 0.05) is 11.7 Å². The van der Waals surface area contributed by atoms with Crippen LogP contribution in [0.1, 0.15) is 57.9 Å². The van der Waals surface area contributed by atoms with Crippen molar-refractivity contribution in [2.45, 2.75) is 71.4 Å². The molecule has 1 aliphatic carbocycles. The molecular weight excluding hydrogens is 330 g/mol. The van der Waals surface area contributed by atoms with Gasteiger partial charge in [-0.3, -0.25) is 0 Å². The summed E-state index contributed by atoms with van der Waals surface area (Å²) in [5.41, 5.74) is 2.01. The molecule has 1 saturated carbocycles. The SMILES string of the molecule is CCCOC(=O)C(C(=O)OCCC)N(c1ccc(C)cc1)C1CCCC1. The van der Waals surface area contributed by atoms with Crippen LogP contribution in [0.5, 0.6) is 0 Å². The third-order valence-corrected chi connectivity index (χ3v) is 4.67. The summed E-state index contributed by atoms with van der Waals surface area (Å²) in [6.45, 7) is 6.51. The first kappa shape index (κ1) is 20.3. The number of benzene rings is 1. The van der Waals surface area contributed by atoms with Crippen LogP contribution in [0.25, 0.3) is 0 Å². The van der Waals surface area contributed by atoms with E-state index >= 15 is 0 Å². The third kappa shape index (κ3) is 5.23. The largest absolute Gasteiger partial charge is 0.464 e. The summed E-state index contributed by atoms with van der Waals surface area (Å²) < 4.78 is 10.7. The fourth-order valence-corrected chi connectivity index (χ4v) is 3.36. The average molecular weight is 361 g/mol. The van der Waals surface area contributed by atoms with Crippen molar-refractivity contribution in [1.82, 2.24) is 0 Å². The van der Waals surface area contributed by atoms with Crippen LogP contribution in [-0.4, -0.2) is 37.2 Å². The van der Waals surface area contributed by atoms with Crippen LogP contribution in [0, 0.1) is 6.92 Å². The van der Waals surface area contributed by atoms with Gasteiger partial charge >= 0.3 is 11.9 Å². The normalized spacial score (nSPS) is 14.5. The number of carbonyl (C=O) groups excluding carboxylic acids is 2. The summed E-state index contributed by atoms with van der Waals surface area (Å²) in [5.74, 6) is -1.03. The van der Waals surface area contributed by atoms with Gasteiger partial charge in [0.05, 0.1) is 13.2 Å². The van der Waals surface area contributed by atoms with Gasteiger partial charge < -0.3 is 14.4 Å². The first-order chi connectivity index (χ1) is 12.6. The average Bonchev–Trinajstić information content (AvgIpc) is 3.17. The highest BCUT2D eigenvalue weighted by Gasteiger charge is 2.40. The Bertz CT molecular complexity index is 558. The molecule has 5 nitrogen and oxygen atoms in total. The Morgan fingerprint density at radius 1 is 1.00 bits per heavy atom. The van der Waals surface area contributed by atoms with Crippen molar-refractivity contribution in [3.8, 4) is 0 Å². The molecule has 1 aromatic rings. The van der Waals surface area contributed by atoms with E-state index in [1.54, 1.807) is 0 Å². The monoisotopic (exact) mass is 361 g/mol. The van der Waals surface area contributed by atoms with Crippen LogP contribution < -0.4 is 4.90 Å². The molecule has 5 heteroatoms. The molecule has 0 atom stereocenters. The zero-order chi connectivity index (χ0) is 18.9. The van der Waals surface area contributed by atoms with Crippen molar-refractivity contribution in [2.24, 2.45) is 0 Å². The molecule has 0 radical (unpaired) electrons. The van der Waals surface area contributed by atoms with Gasteiger partial charge in [-0.05, 0) is 44.7 Å². The van der Waals surface area contributed by atoms with E-state index in [2.05, 4.69) is 0 Å². The summed E-state index contributed by atoms with van der Waals surface area (Å²) in [6.07, 6.45) is 5.58. The van der Waals surface area contributed by atoms with Crippen molar-refractivity contribution in [1.29, 1.82) is 0 Å². The molecule has 0 N–H and O–H groups in total. The molecule has 1 aliphatic rings. The number of rotatable bonds is 9. The van der Waals surface area contributed by atoms with Crippen molar-refractivity contribution in [2.75, 3.05) is 18.1 Å². The lowest BCUT2D eigenvalue weighted by molar-refractivity contribution is -0.157. The van der Waals surface area contributed by atoms with Gasteiger partial charge in [-0.25, -0.2) is 9.59 Å². The van der Waals surface area contributed by atoms with Gasteiger partial charge in [0.2, 0.25) is 6.04 Å². The van der Waals surface area contributed by atoms with Crippen molar-refractivity contribution < 1.29 is 19.1 Å². The summed E-state index contributed by atoms with van der Waals surface area (Å²) in [6, 6.07) is 7.05. The minimum Gasteiger partial charge on any atom is -0.464 e. The third-order valence-electron chi connectivity index (χ3n) is 4.67. The predicted molar refractivity (Wildman–Crippen MR) is 102 cm³/mol. The molecule has 0 heterocycles. The van der Waals surface area contributed by atoms with Gasteiger partial charge in [0.1, 0.15) is 0 Å². The number of carbonyl (C=O) groups is 2. The number of hydrogen-bond acceptors (Lipinski definition) is 5. The molecule has 1 aromatic carbocycles. The lowest BCUT2D eigenvalue weighted by atomic mass is 10.1. The summed E-state index contributed by atoms with van der Waals surface area (Å²) in [4.78, 5) is 27.5. The van der Waals surface area contributed by atoms with Crippen molar-refractivity contribution in [3.63, 3.8) is 0 Å². The molecule has 0 saturated heterocycles. The van der Waals surface area contributed by atoms with Gasteiger partial charge in [-0.1, -0.05) is 44.4 Å². The second kappa shape index (κ2) is 10.2. The highest BCUT2D eigenvalue weighted by atomic mass is 16.6. The second-order valence-electron chi connectivity index (χ2n) is 6.92. The van der Waals surface area contributed by atoms with Crippen LogP contribution in [0.4, 0.5) is 5.69 Å². The number of esters is 2. The van der Waals surface area contributed by atoms with E-state index in [-0.39, 0.29) is 6.04 Å². The molecule has 1 fully saturated rings. The quantitative estimate of drug-likeness (QED) is 0.491. The Balaban J connectivity index is 2.36. The highest BCUT2D eigenvalue weighted by Crippen LogP contribution is 2.31. The summed E-state index contributed by atoms with van der Waals surface area (Å²) >= 11 is 0. The predicted octanol–water partition coefficient (Wildman–Crippen LogP) is 4.02.